The van der Waals surface area contributed by atoms with E-state index in [0.29, 0.717) is 31.7 Å². The number of hydrazone groups is 1. The van der Waals surface area contributed by atoms with Crippen LogP contribution in [0.2, 0.25) is 0 Å². The number of hydrogen-bond acceptors (Lipinski definition) is 5. The topological polar surface area (TPSA) is 82.1 Å². The number of nitrogens with one attached hydrogen (secondary N) is 1. The molecule has 0 spiro atoms. The van der Waals surface area contributed by atoms with Gasteiger partial charge < -0.3 is 0 Å². The molecule has 0 bridgehead atoms. The van der Waals surface area contributed by atoms with E-state index >= 15 is 0 Å². The summed E-state index contributed by atoms with van der Waals surface area (Å²) in [5.74, 6) is -0.696. The Bertz CT molecular complexity index is 991. The molecule has 1 heterocycles. The van der Waals surface area contributed by atoms with Crippen molar-refractivity contribution in [1.29, 1.82) is 0 Å². The van der Waals surface area contributed by atoms with Gasteiger partial charge in [-0.05, 0) is 42.0 Å². The van der Waals surface area contributed by atoms with E-state index in [4.69, 9.17) is 0 Å². The first-order valence-corrected chi connectivity index (χ1v) is 11.1. The predicted molar refractivity (Wildman–Crippen MR) is 111 cm³/mol. The summed E-state index contributed by atoms with van der Waals surface area (Å²) in [6.07, 6.45) is 1.36. The highest BCUT2D eigenvalue weighted by atomic mass is 79.9. The smallest absolute Gasteiger partial charge is 0.254 e. The Balaban J connectivity index is 1.48. The molecule has 1 N–H and O–H groups in total. The van der Waals surface area contributed by atoms with Gasteiger partial charge in [-0.3, -0.25) is 9.69 Å². The maximum atomic E-state index is 13.1. The molecular weight excluding hydrogens is 463 g/mol. The van der Waals surface area contributed by atoms with Gasteiger partial charge in [0.25, 0.3) is 5.91 Å². The number of sulfonamides is 1. The van der Waals surface area contributed by atoms with Gasteiger partial charge in [0.2, 0.25) is 10.0 Å². The lowest BCUT2D eigenvalue weighted by Gasteiger charge is -2.33. The van der Waals surface area contributed by atoms with E-state index in [9.17, 15) is 17.6 Å². The largest absolute Gasteiger partial charge is 0.292 e. The van der Waals surface area contributed by atoms with Gasteiger partial charge in [-0.15, -0.1) is 0 Å². The third kappa shape index (κ3) is 5.92. The first kappa shape index (κ1) is 21.6. The fourth-order valence-electron chi connectivity index (χ4n) is 2.89. The Kier molecular flexibility index (Phi) is 7.12. The van der Waals surface area contributed by atoms with Gasteiger partial charge in [-0.25, -0.2) is 18.2 Å². The SMILES string of the molecule is O=C(CN1CCN(S(=O)(=O)c2ccc(Br)cc2)CC1)NN=Cc1cccc(F)c1. The highest BCUT2D eigenvalue weighted by Gasteiger charge is 2.28. The van der Waals surface area contributed by atoms with Crippen LogP contribution in [0.25, 0.3) is 0 Å². The van der Waals surface area contributed by atoms with Gasteiger partial charge in [0, 0.05) is 30.7 Å². The van der Waals surface area contributed by atoms with Crippen LogP contribution in [0.1, 0.15) is 5.56 Å². The molecule has 2 aromatic carbocycles. The number of carbonyl (C=O) groups excluding carboxylic acids is 1. The molecule has 0 radical (unpaired) electrons. The summed E-state index contributed by atoms with van der Waals surface area (Å²) >= 11 is 3.29. The first-order valence-electron chi connectivity index (χ1n) is 8.90. The minimum Gasteiger partial charge on any atom is -0.292 e. The second kappa shape index (κ2) is 9.57. The summed E-state index contributed by atoms with van der Waals surface area (Å²) in [6.45, 7) is 1.59. The normalized spacial score (nSPS) is 16.2. The molecule has 29 heavy (non-hydrogen) atoms. The second-order valence-electron chi connectivity index (χ2n) is 6.48. The Hall–Kier alpha value is -2.14. The van der Waals surface area contributed by atoms with Crippen LogP contribution >= 0.6 is 15.9 Å². The van der Waals surface area contributed by atoms with Gasteiger partial charge in [0.15, 0.2) is 0 Å². The molecule has 0 atom stereocenters. The Labute approximate surface area is 177 Å². The van der Waals surface area contributed by atoms with Crippen LogP contribution in [0.15, 0.2) is 63.0 Å². The molecule has 0 unspecified atom stereocenters. The van der Waals surface area contributed by atoms with Crippen molar-refractivity contribution in [3.8, 4) is 0 Å². The van der Waals surface area contributed by atoms with E-state index in [1.165, 1.54) is 22.7 Å². The summed E-state index contributed by atoms with van der Waals surface area (Å²) in [4.78, 5) is 14.1. The number of amides is 1. The summed E-state index contributed by atoms with van der Waals surface area (Å²) in [5.41, 5.74) is 2.94. The van der Waals surface area contributed by atoms with Crippen LogP contribution in [0.3, 0.4) is 0 Å². The van der Waals surface area contributed by atoms with Crippen molar-refractivity contribution in [2.24, 2.45) is 5.10 Å². The zero-order chi connectivity index (χ0) is 20.9. The van der Waals surface area contributed by atoms with Crippen molar-refractivity contribution in [1.82, 2.24) is 14.6 Å². The van der Waals surface area contributed by atoms with E-state index in [0.717, 1.165) is 4.47 Å². The average Bonchev–Trinajstić information content (AvgIpc) is 2.69. The highest BCUT2D eigenvalue weighted by Crippen LogP contribution is 2.20. The van der Waals surface area contributed by atoms with Crippen molar-refractivity contribution in [2.75, 3.05) is 32.7 Å². The van der Waals surface area contributed by atoms with Crippen LogP contribution in [0.5, 0.6) is 0 Å². The lowest BCUT2D eigenvalue weighted by atomic mass is 10.2. The molecule has 1 saturated heterocycles. The molecule has 0 aliphatic carbocycles. The van der Waals surface area contributed by atoms with E-state index < -0.39 is 10.0 Å². The van der Waals surface area contributed by atoms with Crippen molar-refractivity contribution in [2.45, 2.75) is 4.90 Å². The molecule has 1 fully saturated rings. The maximum Gasteiger partial charge on any atom is 0.254 e. The standard InChI is InChI=1S/C19H20BrFN4O3S/c20-16-4-6-18(7-5-16)29(27,28)25-10-8-24(9-11-25)14-19(26)23-22-13-15-2-1-3-17(21)12-15/h1-7,12-13H,8-11,14H2,(H,23,26). The van der Waals surface area contributed by atoms with Gasteiger partial charge in [-0.2, -0.15) is 9.41 Å². The van der Waals surface area contributed by atoms with Gasteiger partial charge >= 0.3 is 0 Å². The number of carbonyl (C=O) groups is 1. The third-order valence-corrected chi connectivity index (χ3v) is 6.84. The third-order valence-electron chi connectivity index (χ3n) is 4.40. The van der Waals surface area contributed by atoms with Crippen molar-refractivity contribution < 1.29 is 17.6 Å². The zero-order valence-corrected chi connectivity index (χ0v) is 17.9. The van der Waals surface area contributed by atoms with Crippen molar-refractivity contribution >= 4 is 38.1 Å². The Morgan fingerprint density at radius 3 is 2.48 bits per heavy atom. The zero-order valence-electron chi connectivity index (χ0n) is 15.5. The van der Waals surface area contributed by atoms with Crippen LogP contribution in [-0.2, 0) is 14.8 Å². The van der Waals surface area contributed by atoms with Gasteiger partial charge in [0.1, 0.15) is 5.82 Å². The minimum absolute atomic E-state index is 0.104. The number of halogens is 2. The monoisotopic (exact) mass is 482 g/mol. The molecule has 0 aromatic heterocycles. The molecule has 1 aliphatic heterocycles. The minimum atomic E-state index is -3.55. The number of benzene rings is 2. The van der Waals surface area contributed by atoms with Crippen LogP contribution in [0.4, 0.5) is 4.39 Å². The second-order valence-corrected chi connectivity index (χ2v) is 9.34. The van der Waals surface area contributed by atoms with Gasteiger partial charge in [0.05, 0.1) is 17.7 Å². The fourth-order valence-corrected chi connectivity index (χ4v) is 4.57. The van der Waals surface area contributed by atoms with E-state index in [2.05, 4.69) is 26.5 Å². The lowest BCUT2D eigenvalue weighted by Crippen LogP contribution is -2.50. The first-order chi connectivity index (χ1) is 13.8. The van der Waals surface area contributed by atoms with Crippen LogP contribution in [0, 0.1) is 5.82 Å². The average molecular weight is 483 g/mol. The molecule has 1 amide bonds. The molecule has 3 rings (SSSR count). The molecule has 154 valence electrons. The Morgan fingerprint density at radius 1 is 1.14 bits per heavy atom. The lowest BCUT2D eigenvalue weighted by molar-refractivity contribution is -0.122. The number of nitrogens with zero attached hydrogens (tertiary/aromatic N) is 3. The molecule has 1 aliphatic rings. The summed E-state index contributed by atoms with van der Waals surface area (Å²) in [7, 11) is -3.55. The number of rotatable bonds is 6. The highest BCUT2D eigenvalue weighted by molar-refractivity contribution is 9.10. The molecule has 7 nitrogen and oxygen atoms in total. The quantitative estimate of drug-likeness (QED) is 0.504. The number of piperazine rings is 1. The van der Waals surface area contributed by atoms with Crippen molar-refractivity contribution in [3.63, 3.8) is 0 Å². The fraction of sp³-hybridized carbons (Fsp3) is 0.263. The maximum absolute atomic E-state index is 13.1. The van der Waals surface area contributed by atoms with E-state index in [1.54, 1.807) is 36.4 Å². The molecule has 0 saturated carbocycles. The molecular formula is C19H20BrFN4O3S. The molecule has 10 heteroatoms. The van der Waals surface area contributed by atoms with E-state index in [1.807, 2.05) is 4.90 Å². The van der Waals surface area contributed by atoms with Crippen LogP contribution < -0.4 is 5.43 Å². The van der Waals surface area contributed by atoms with Crippen LogP contribution in [-0.4, -0.2) is 62.5 Å². The predicted octanol–water partition coefficient (Wildman–Crippen LogP) is 2.04. The summed E-state index contributed by atoms with van der Waals surface area (Å²) in [5, 5.41) is 3.82. The summed E-state index contributed by atoms with van der Waals surface area (Å²) in [6, 6.07) is 12.4. The number of hydrogen-bond donors (Lipinski definition) is 1. The van der Waals surface area contributed by atoms with Crippen molar-refractivity contribution in [3.05, 3.63) is 64.4 Å². The van der Waals surface area contributed by atoms with E-state index in [-0.39, 0.29) is 23.2 Å². The van der Waals surface area contributed by atoms with Gasteiger partial charge in [-0.1, -0.05) is 28.1 Å². The Morgan fingerprint density at radius 2 is 1.83 bits per heavy atom. The summed E-state index contributed by atoms with van der Waals surface area (Å²) < 4.78 is 40.7. The molecule has 2 aromatic rings.